The Labute approximate surface area is 138 Å². The van der Waals surface area contributed by atoms with E-state index in [0.717, 1.165) is 17.1 Å². The highest BCUT2D eigenvalue weighted by molar-refractivity contribution is 6.00. The number of carbonyl (C=O) groups is 1. The molecule has 1 aromatic carbocycles. The van der Waals surface area contributed by atoms with Gasteiger partial charge in [0.1, 0.15) is 5.69 Å². The van der Waals surface area contributed by atoms with Gasteiger partial charge in [0.25, 0.3) is 0 Å². The van der Waals surface area contributed by atoms with E-state index in [1.165, 1.54) is 34.7 Å². The van der Waals surface area contributed by atoms with E-state index < -0.39 is 0 Å². The second-order valence-electron chi connectivity index (χ2n) is 6.14. The minimum absolute atomic E-state index is 0.0333. The number of carbonyl (C=O) groups excluding carboxylic acids is 1. The lowest BCUT2D eigenvalue weighted by Crippen LogP contribution is -2.05. The average Bonchev–Trinajstić information content (AvgIpc) is 2.55. The molecule has 2 rings (SSSR count). The molecule has 3 nitrogen and oxygen atoms in total. The number of benzene rings is 1. The van der Waals surface area contributed by atoms with Crippen LogP contribution in [0, 0.1) is 34.6 Å². The van der Waals surface area contributed by atoms with E-state index in [1.54, 1.807) is 6.07 Å². The fourth-order valence-corrected chi connectivity index (χ4v) is 2.71. The number of pyridine rings is 1. The highest BCUT2D eigenvalue weighted by Crippen LogP contribution is 2.32. The Bertz CT molecular complexity index is 788. The summed E-state index contributed by atoms with van der Waals surface area (Å²) in [5.41, 5.74) is 9.35. The summed E-state index contributed by atoms with van der Waals surface area (Å²) in [5.74, 6) is -0.0333. The molecule has 0 N–H and O–H groups in total. The summed E-state index contributed by atoms with van der Waals surface area (Å²) in [5, 5.41) is 0. The number of aliphatic imine (C=N–C) groups is 1. The quantitative estimate of drug-likeness (QED) is 0.593. The van der Waals surface area contributed by atoms with Crippen molar-refractivity contribution in [2.24, 2.45) is 4.99 Å². The van der Waals surface area contributed by atoms with Crippen LogP contribution >= 0.6 is 0 Å². The lowest BCUT2D eigenvalue weighted by atomic mass is 9.93. The molecule has 0 atom stereocenters. The summed E-state index contributed by atoms with van der Waals surface area (Å²) >= 11 is 0. The van der Waals surface area contributed by atoms with E-state index in [2.05, 4.69) is 39.6 Å². The number of hydrogen-bond acceptors (Lipinski definition) is 3. The van der Waals surface area contributed by atoms with E-state index >= 15 is 0 Å². The number of rotatable bonds is 3. The van der Waals surface area contributed by atoms with E-state index in [-0.39, 0.29) is 5.78 Å². The van der Waals surface area contributed by atoms with Gasteiger partial charge in [0, 0.05) is 6.92 Å². The summed E-state index contributed by atoms with van der Waals surface area (Å²) in [4.78, 5) is 20.8. The highest BCUT2D eigenvalue weighted by atomic mass is 16.1. The van der Waals surface area contributed by atoms with Crippen molar-refractivity contribution in [3.63, 3.8) is 0 Å². The standard InChI is InChI=1S/C20H24N2O/c1-11-12(2)14(4)20(15(5)13(11)3)21-16(6)18-9-8-10-19(22-18)17(7)23/h8-10H,1-7H3/b21-16+. The van der Waals surface area contributed by atoms with E-state index in [1.807, 2.05) is 19.1 Å². The van der Waals surface area contributed by atoms with Gasteiger partial charge in [-0.3, -0.25) is 9.79 Å². The van der Waals surface area contributed by atoms with Crippen LogP contribution in [0.2, 0.25) is 0 Å². The Morgan fingerprint density at radius 2 is 1.30 bits per heavy atom. The summed E-state index contributed by atoms with van der Waals surface area (Å²) < 4.78 is 0. The number of ketones is 1. The number of nitrogens with zero attached hydrogens (tertiary/aromatic N) is 2. The van der Waals surface area contributed by atoms with Gasteiger partial charge in [-0.2, -0.15) is 0 Å². The third kappa shape index (κ3) is 3.24. The van der Waals surface area contributed by atoms with E-state index in [9.17, 15) is 4.79 Å². The molecule has 23 heavy (non-hydrogen) atoms. The second kappa shape index (κ2) is 6.45. The van der Waals surface area contributed by atoms with Crippen LogP contribution in [0.15, 0.2) is 23.2 Å². The number of aromatic nitrogens is 1. The largest absolute Gasteiger partial charge is 0.293 e. The highest BCUT2D eigenvalue weighted by Gasteiger charge is 2.13. The molecule has 0 aliphatic heterocycles. The molecule has 0 saturated carbocycles. The molecule has 0 amide bonds. The van der Waals surface area contributed by atoms with Crippen molar-refractivity contribution in [1.29, 1.82) is 0 Å². The Balaban J connectivity index is 2.59. The lowest BCUT2D eigenvalue weighted by molar-refractivity contribution is 0.101. The smallest absolute Gasteiger partial charge is 0.178 e. The zero-order valence-electron chi connectivity index (χ0n) is 15.0. The zero-order chi connectivity index (χ0) is 17.3. The first-order chi connectivity index (χ1) is 10.7. The van der Waals surface area contributed by atoms with Crippen LogP contribution in [0.1, 0.15) is 57.8 Å². The number of hydrogen-bond donors (Lipinski definition) is 0. The van der Waals surface area contributed by atoms with Crippen molar-refractivity contribution in [3.8, 4) is 0 Å². The normalized spacial score (nSPS) is 11.7. The molecule has 2 aromatic rings. The fourth-order valence-electron chi connectivity index (χ4n) is 2.71. The van der Waals surface area contributed by atoms with Crippen LogP contribution in [0.3, 0.4) is 0 Å². The Morgan fingerprint density at radius 3 is 1.83 bits per heavy atom. The maximum atomic E-state index is 11.5. The SMILES string of the molecule is CC(=O)c1cccc(/C(C)=N/c2c(C)c(C)c(C)c(C)c2C)n1. The average molecular weight is 308 g/mol. The molecule has 0 radical (unpaired) electrons. The first-order valence-electron chi connectivity index (χ1n) is 7.84. The summed E-state index contributed by atoms with van der Waals surface area (Å²) in [7, 11) is 0. The van der Waals surface area contributed by atoms with Crippen LogP contribution in [0.5, 0.6) is 0 Å². The lowest BCUT2D eigenvalue weighted by Gasteiger charge is -2.16. The Kier molecular flexibility index (Phi) is 4.79. The third-order valence-corrected chi connectivity index (χ3v) is 4.72. The van der Waals surface area contributed by atoms with Gasteiger partial charge in [0.2, 0.25) is 0 Å². The fraction of sp³-hybridized carbons (Fsp3) is 0.350. The summed E-state index contributed by atoms with van der Waals surface area (Å²) in [6.07, 6.45) is 0. The van der Waals surface area contributed by atoms with Crippen molar-refractivity contribution in [3.05, 3.63) is 57.4 Å². The minimum atomic E-state index is -0.0333. The van der Waals surface area contributed by atoms with Crippen LogP contribution < -0.4 is 0 Å². The number of Topliss-reactive ketones (excluding diaryl/α,β-unsaturated/α-hetero) is 1. The van der Waals surface area contributed by atoms with E-state index in [0.29, 0.717) is 5.69 Å². The van der Waals surface area contributed by atoms with Crippen LogP contribution in [-0.4, -0.2) is 16.5 Å². The maximum Gasteiger partial charge on any atom is 0.178 e. The molecule has 0 aliphatic carbocycles. The van der Waals surface area contributed by atoms with Crippen LogP contribution in [-0.2, 0) is 0 Å². The molecule has 0 fully saturated rings. The zero-order valence-corrected chi connectivity index (χ0v) is 15.0. The van der Waals surface area contributed by atoms with Gasteiger partial charge < -0.3 is 0 Å². The van der Waals surface area contributed by atoms with Crippen molar-refractivity contribution in [1.82, 2.24) is 4.98 Å². The third-order valence-electron chi connectivity index (χ3n) is 4.72. The second-order valence-corrected chi connectivity index (χ2v) is 6.14. The topological polar surface area (TPSA) is 42.3 Å². The summed E-state index contributed by atoms with van der Waals surface area (Å²) in [6.45, 7) is 14.1. The predicted molar refractivity (Wildman–Crippen MR) is 96.2 cm³/mol. The molecule has 0 spiro atoms. The van der Waals surface area contributed by atoms with Gasteiger partial charge in [-0.15, -0.1) is 0 Å². The molecule has 0 bridgehead atoms. The molecular formula is C20H24N2O. The van der Waals surface area contributed by atoms with Gasteiger partial charge in [-0.25, -0.2) is 4.98 Å². The Hall–Kier alpha value is -2.29. The van der Waals surface area contributed by atoms with Crippen LogP contribution in [0.4, 0.5) is 5.69 Å². The van der Waals surface area contributed by atoms with Gasteiger partial charge in [-0.05, 0) is 81.5 Å². The van der Waals surface area contributed by atoms with Gasteiger partial charge in [-0.1, -0.05) is 6.07 Å². The maximum absolute atomic E-state index is 11.5. The predicted octanol–water partition coefficient (Wildman–Crippen LogP) is 4.97. The van der Waals surface area contributed by atoms with Crippen molar-refractivity contribution in [2.75, 3.05) is 0 Å². The van der Waals surface area contributed by atoms with Crippen molar-refractivity contribution in [2.45, 2.75) is 48.5 Å². The first-order valence-corrected chi connectivity index (χ1v) is 7.84. The molecule has 3 heteroatoms. The van der Waals surface area contributed by atoms with Gasteiger partial charge in [0.05, 0.1) is 17.1 Å². The molecule has 0 saturated heterocycles. The van der Waals surface area contributed by atoms with Crippen LogP contribution in [0.25, 0.3) is 0 Å². The molecular weight excluding hydrogens is 284 g/mol. The molecule has 1 aromatic heterocycles. The van der Waals surface area contributed by atoms with E-state index in [4.69, 9.17) is 4.99 Å². The molecule has 120 valence electrons. The van der Waals surface area contributed by atoms with Crippen molar-refractivity contribution < 1.29 is 4.79 Å². The van der Waals surface area contributed by atoms with Gasteiger partial charge in [0.15, 0.2) is 5.78 Å². The van der Waals surface area contributed by atoms with Crippen molar-refractivity contribution >= 4 is 17.2 Å². The van der Waals surface area contributed by atoms with Gasteiger partial charge >= 0.3 is 0 Å². The monoisotopic (exact) mass is 308 g/mol. The molecule has 0 unspecified atom stereocenters. The Morgan fingerprint density at radius 1 is 0.826 bits per heavy atom. The summed E-state index contributed by atoms with van der Waals surface area (Å²) in [6, 6.07) is 5.48. The first kappa shape index (κ1) is 17.1. The minimum Gasteiger partial charge on any atom is -0.293 e. The molecule has 0 aliphatic rings. The molecule has 1 heterocycles.